The molecule has 1 aliphatic heterocycles. The Morgan fingerprint density at radius 3 is 2.89 bits per heavy atom. The molecule has 1 unspecified atom stereocenters. The minimum atomic E-state index is 0.0318. The van der Waals surface area contributed by atoms with Gasteiger partial charge in [-0.05, 0) is 49.5 Å². The summed E-state index contributed by atoms with van der Waals surface area (Å²) in [6.07, 6.45) is 2.60. The molecular weight excluding hydrogens is 283 g/mol. The molecule has 3 nitrogen and oxygen atoms in total. The normalized spacial score (nSPS) is 18.5. The Hall–Kier alpha value is -0.770. The molecule has 1 aromatic carbocycles. The molecule has 2 rings (SSSR count). The summed E-state index contributed by atoms with van der Waals surface area (Å²) in [6, 6.07) is 5.29. The van der Waals surface area contributed by atoms with E-state index in [1.807, 2.05) is 6.07 Å². The van der Waals surface area contributed by atoms with Gasteiger partial charge in [0.25, 0.3) is 0 Å². The van der Waals surface area contributed by atoms with Crippen LogP contribution in [0.25, 0.3) is 0 Å². The topological polar surface area (TPSA) is 41.1 Å². The molecule has 1 amide bonds. The maximum atomic E-state index is 11.8. The van der Waals surface area contributed by atoms with Crippen molar-refractivity contribution < 1.29 is 4.79 Å². The summed E-state index contributed by atoms with van der Waals surface area (Å²) in [5.74, 6) is 0.731. The van der Waals surface area contributed by atoms with Crippen LogP contribution in [-0.2, 0) is 11.2 Å². The average Bonchev–Trinajstić information content (AvgIpc) is 2.87. The number of nitrogens with one attached hydrogen (secondary N) is 2. The molecule has 2 N–H and O–H groups in total. The SMILES string of the molecule is O=C(Cc1ccc(Cl)c(Cl)c1)NCCC1CCNC1. The molecule has 5 heteroatoms. The highest BCUT2D eigenvalue weighted by atomic mass is 35.5. The van der Waals surface area contributed by atoms with E-state index in [4.69, 9.17) is 23.2 Å². The largest absolute Gasteiger partial charge is 0.356 e. The average molecular weight is 301 g/mol. The number of amides is 1. The van der Waals surface area contributed by atoms with Gasteiger partial charge in [-0.2, -0.15) is 0 Å². The van der Waals surface area contributed by atoms with E-state index < -0.39 is 0 Å². The summed E-state index contributed by atoms with van der Waals surface area (Å²) in [5, 5.41) is 7.27. The van der Waals surface area contributed by atoms with Gasteiger partial charge in [-0.25, -0.2) is 0 Å². The van der Waals surface area contributed by atoms with Gasteiger partial charge in [0.05, 0.1) is 16.5 Å². The van der Waals surface area contributed by atoms with Gasteiger partial charge >= 0.3 is 0 Å². The molecular formula is C14H18Cl2N2O. The van der Waals surface area contributed by atoms with E-state index in [9.17, 15) is 4.79 Å². The van der Waals surface area contributed by atoms with Gasteiger partial charge in [0.15, 0.2) is 0 Å². The highest BCUT2D eigenvalue weighted by molar-refractivity contribution is 6.42. The lowest BCUT2D eigenvalue weighted by atomic mass is 10.1. The quantitative estimate of drug-likeness (QED) is 0.878. The molecule has 1 heterocycles. The van der Waals surface area contributed by atoms with E-state index in [1.165, 1.54) is 6.42 Å². The number of carbonyl (C=O) groups excluding carboxylic acids is 1. The van der Waals surface area contributed by atoms with Crippen molar-refractivity contribution in [1.82, 2.24) is 10.6 Å². The molecule has 0 saturated carbocycles. The van der Waals surface area contributed by atoms with Gasteiger partial charge < -0.3 is 10.6 Å². The molecule has 0 bridgehead atoms. The van der Waals surface area contributed by atoms with E-state index in [1.54, 1.807) is 12.1 Å². The van der Waals surface area contributed by atoms with Crippen molar-refractivity contribution in [2.24, 2.45) is 5.92 Å². The van der Waals surface area contributed by atoms with Crippen molar-refractivity contribution in [3.8, 4) is 0 Å². The first-order chi connectivity index (χ1) is 9.15. The smallest absolute Gasteiger partial charge is 0.224 e. The third-order valence-electron chi connectivity index (χ3n) is 3.39. The zero-order chi connectivity index (χ0) is 13.7. The van der Waals surface area contributed by atoms with Crippen molar-refractivity contribution >= 4 is 29.1 Å². The molecule has 0 aromatic heterocycles. The Kier molecular flexibility index (Phi) is 5.49. The monoisotopic (exact) mass is 300 g/mol. The highest BCUT2D eigenvalue weighted by Crippen LogP contribution is 2.22. The Morgan fingerprint density at radius 2 is 2.21 bits per heavy atom. The molecule has 0 aliphatic carbocycles. The van der Waals surface area contributed by atoms with Crippen LogP contribution in [-0.4, -0.2) is 25.5 Å². The van der Waals surface area contributed by atoms with Gasteiger partial charge in [0.1, 0.15) is 0 Å². The summed E-state index contributed by atoms with van der Waals surface area (Å²) >= 11 is 11.8. The Morgan fingerprint density at radius 1 is 1.37 bits per heavy atom. The molecule has 104 valence electrons. The van der Waals surface area contributed by atoms with Crippen molar-refractivity contribution in [2.45, 2.75) is 19.3 Å². The zero-order valence-electron chi connectivity index (χ0n) is 10.7. The van der Waals surface area contributed by atoms with Crippen LogP contribution in [0, 0.1) is 5.92 Å². The number of benzene rings is 1. The van der Waals surface area contributed by atoms with Crippen molar-refractivity contribution in [1.29, 1.82) is 0 Å². The van der Waals surface area contributed by atoms with Crippen LogP contribution in [0.3, 0.4) is 0 Å². The maximum absolute atomic E-state index is 11.8. The van der Waals surface area contributed by atoms with Crippen LogP contribution in [0.15, 0.2) is 18.2 Å². The third kappa shape index (κ3) is 4.68. The molecule has 1 aliphatic rings. The van der Waals surface area contributed by atoms with Gasteiger partial charge in [0, 0.05) is 6.54 Å². The fourth-order valence-electron chi connectivity index (χ4n) is 2.27. The lowest BCUT2D eigenvalue weighted by Gasteiger charge is -2.09. The van der Waals surface area contributed by atoms with Gasteiger partial charge in [-0.15, -0.1) is 0 Å². The van der Waals surface area contributed by atoms with Gasteiger partial charge in [-0.1, -0.05) is 29.3 Å². The predicted molar refractivity (Wildman–Crippen MR) is 78.8 cm³/mol. The number of hydrogen-bond donors (Lipinski definition) is 2. The van der Waals surface area contributed by atoms with Crippen LogP contribution in [0.5, 0.6) is 0 Å². The predicted octanol–water partition coefficient (Wildman–Crippen LogP) is 2.65. The molecule has 1 aromatic rings. The van der Waals surface area contributed by atoms with E-state index in [-0.39, 0.29) is 5.91 Å². The lowest BCUT2D eigenvalue weighted by molar-refractivity contribution is -0.120. The Labute approximate surface area is 123 Å². The summed E-state index contributed by atoms with van der Waals surface area (Å²) in [6.45, 7) is 2.91. The first-order valence-corrected chi connectivity index (χ1v) is 7.32. The second-order valence-electron chi connectivity index (χ2n) is 4.92. The highest BCUT2D eigenvalue weighted by Gasteiger charge is 2.14. The second kappa shape index (κ2) is 7.13. The van der Waals surface area contributed by atoms with E-state index in [0.29, 0.717) is 22.4 Å². The van der Waals surface area contributed by atoms with Crippen molar-refractivity contribution in [2.75, 3.05) is 19.6 Å². The zero-order valence-corrected chi connectivity index (χ0v) is 12.2. The molecule has 1 fully saturated rings. The van der Waals surface area contributed by atoms with Crippen LogP contribution in [0.2, 0.25) is 10.0 Å². The van der Waals surface area contributed by atoms with Gasteiger partial charge in [0.2, 0.25) is 5.91 Å². The third-order valence-corrected chi connectivity index (χ3v) is 4.12. The lowest BCUT2D eigenvalue weighted by Crippen LogP contribution is -2.27. The standard InChI is InChI=1S/C14H18Cl2N2O/c15-12-2-1-11(7-13(12)16)8-14(19)18-6-4-10-3-5-17-9-10/h1-2,7,10,17H,3-6,8-9H2,(H,18,19). The second-order valence-corrected chi connectivity index (χ2v) is 5.74. The Bertz CT molecular complexity index is 445. The summed E-state index contributed by atoms with van der Waals surface area (Å²) in [5.41, 5.74) is 0.884. The minimum absolute atomic E-state index is 0.0318. The maximum Gasteiger partial charge on any atom is 0.224 e. The molecule has 1 atom stereocenters. The first kappa shape index (κ1) is 14.6. The summed E-state index contributed by atoms with van der Waals surface area (Å²) in [7, 11) is 0. The number of rotatable bonds is 5. The van der Waals surface area contributed by atoms with E-state index in [2.05, 4.69) is 10.6 Å². The van der Waals surface area contributed by atoms with Crippen LogP contribution >= 0.6 is 23.2 Å². The molecule has 1 saturated heterocycles. The molecule has 19 heavy (non-hydrogen) atoms. The van der Waals surface area contributed by atoms with Gasteiger partial charge in [-0.3, -0.25) is 4.79 Å². The molecule has 0 radical (unpaired) electrons. The first-order valence-electron chi connectivity index (χ1n) is 6.56. The fraction of sp³-hybridized carbons (Fsp3) is 0.500. The number of carbonyl (C=O) groups is 1. The molecule has 0 spiro atoms. The van der Waals surface area contributed by atoms with Crippen LogP contribution in [0.1, 0.15) is 18.4 Å². The van der Waals surface area contributed by atoms with E-state index >= 15 is 0 Å². The summed E-state index contributed by atoms with van der Waals surface area (Å²) < 4.78 is 0. The Balaban J connectivity index is 1.72. The number of halogens is 2. The van der Waals surface area contributed by atoms with Crippen LogP contribution in [0.4, 0.5) is 0 Å². The van der Waals surface area contributed by atoms with Crippen molar-refractivity contribution in [3.05, 3.63) is 33.8 Å². The van der Waals surface area contributed by atoms with Crippen LogP contribution < -0.4 is 10.6 Å². The number of hydrogen-bond acceptors (Lipinski definition) is 2. The van der Waals surface area contributed by atoms with Crippen molar-refractivity contribution in [3.63, 3.8) is 0 Å². The summed E-state index contributed by atoms with van der Waals surface area (Å²) in [4.78, 5) is 11.8. The van der Waals surface area contributed by atoms with E-state index in [0.717, 1.165) is 31.6 Å². The minimum Gasteiger partial charge on any atom is -0.356 e. The fourth-order valence-corrected chi connectivity index (χ4v) is 2.59.